The number of rotatable bonds is 5. The number of hydrogen-bond donors (Lipinski definition) is 2. The van der Waals surface area contributed by atoms with E-state index in [1.165, 1.54) is 6.33 Å². The van der Waals surface area contributed by atoms with Gasteiger partial charge in [0.25, 0.3) is 5.91 Å². The summed E-state index contributed by atoms with van der Waals surface area (Å²) in [6, 6.07) is 0. The molecule has 2 N–H and O–H groups in total. The number of amides is 1. The molecule has 0 atom stereocenters. The van der Waals surface area contributed by atoms with Crippen LogP contribution in [-0.4, -0.2) is 49.2 Å². The van der Waals surface area contributed by atoms with Crippen LogP contribution in [0.5, 0.6) is 0 Å². The molecular weight excluding hydrogens is 292 g/mol. The first-order chi connectivity index (χ1) is 9.67. The number of carbonyl (C=O) groups is 1. The molecule has 2 rings (SSSR count). The first-order valence-corrected chi connectivity index (χ1v) is 6.91. The molecule has 0 saturated carbocycles. The Hall–Kier alpha value is -1.24. The summed E-state index contributed by atoms with van der Waals surface area (Å²) in [6.07, 6.45) is 5.02. The number of hydrogen-bond acceptors (Lipinski definition) is 5. The summed E-state index contributed by atoms with van der Waals surface area (Å²) in [5.74, 6) is -0.114. The number of piperidine rings is 1. The van der Waals surface area contributed by atoms with E-state index in [9.17, 15) is 4.79 Å². The van der Waals surface area contributed by atoms with Gasteiger partial charge in [0.05, 0.1) is 17.9 Å². The van der Waals surface area contributed by atoms with Crippen molar-refractivity contribution in [2.75, 3.05) is 33.4 Å². The molecule has 1 amide bonds. The van der Waals surface area contributed by atoms with Crippen molar-refractivity contribution in [1.82, 2.24) is 20.6 Å². The van der Waals surface area contributed by atoms with E-state index >= 15 is 0 Å². The van der Waals surface area contributed by atoms with Gasteiger partial charge in [-0.1, -0.05) is 0 Å². The SMILES string of the molecule is COCC1(CNC(=O)c2cncnc2C)CCNCC1.Cl. The van der Waals surface area contributed by atoms with Crippen molar-refractivity contribution < 1.29 is 9.53 Å². The van der Waals surface area contributed by atoms with Crippen LogP contribution in [0.1, 0.15) is 28.9 Å². The number of aryl methyl sites for hydroxylation is 1. The number of ether oxygens (including phenoxy) is 1. The van der Waals surface area contributed by atoms with Crippen molar-refractivity contribution in [2.45, 2.75) is 19.8 Å². The molecule has 1 aliphatic heterocycles. The summed E-state index contributed by atoms with van der Waals surface area (Å²) in [5.41, 5.74) is 1.26. The number of aromatic nitrogens is 2. The zero-order valence-electron chi connectivity index (χ0n) is 12.5. The summed E-state index contributed by atoms with van der Waals surface area (Å²) >= 11 is 0. The Morgan fingerprint density at radius 3 is 2.81 bits per heavy atom. The van der Waals surface area contributed by atoms with Crippen LogP contribution < -0.4 is 10.6 Å². The van der Waals surface area contributed by atoms with E-state index < -0.39 is 0 Å². The van der Waals surface area contributed by atoms with Gasteiger partial charge in [0.2, 0.25) is 0 Å². The van der Waals surface area contributed by atoms with Crippen molar-refractivity contribution in [2.24, 2.45) is 5.41 Å². The van der Waals surface area contributed by atoms with Gasteiger partial charge < -0.3 is 15.4 Å². The van der Waals surface area contributed by atoms with Crippen molar-refractivity contribution in [1.29, 1.82) is 0 Å². The van der Waals surface area contributed by atoms with Gasteiger partial charge in [0.1, 0.15) is 6.33 Å². The second-order valence-corrected chi connectivity index (χ2v) is 5.39. The summed E-state index contributed by atoms with van der Waals surface area (Å²) < 4.78 is 5.34. The van der Waals surface area contributed by atoms with Crippen LogP contribution in [-0.2, 0) is 4.74 Å². The molecule has 1 saturated heterocycles. The Kier molecular flexibility index (Phi) is 7.01. The highest BCUT2D eigenvalue weighted by atomic mass is 35.5. The molecule has 0 spiro atoms. The molecule has 1 aromatic heterocycles. The summed E-state index contributed by atoms with van der Waals surface area (Å²) in [7, 11) is 1.71. The second-order valence-electron chi connectivity index (χ2n) is 5.39. The van der Waals surface area contributed by atoms with Crippen LogP contribution in [0.15, 0.2) is 12.5 Å². The highest BCUT2D eigenvalue weighted by Gasteiger charge is 2.32. The maximum Gasteiger partial charge on any atom is 0.254 e. The van der Waals surface area contributed by atoms with Gasteiger partial charge in [-0.2, -0.15) is 0 Å². The molecule has 0 radical (unpaired) electrons. The van der Waals surface area contributed by atoms with Crippen LogP contribution in [0.3, 0.4) is 0 Å². The minimum absolute atomic E-state index is 0. The van der Waals surface area contributed by atoms with Crippen molar-refractivity contribution in [3.63, 3.8) is 0 Å². The first-order valence-electron chi connectivity index (χ1n) is 6.91. The Bertz CT molecular complexity index is 459. The number of carbonyl (C=O) groups excluding carboxylic acids is 1. The fraction of sp³-hybridized carbons (Fsp3) is 0.643. The van der Waals surface area contributed by atoms with Gasteiger partial charge in [-0.05, 0) is 32.9 Å². The van der Waals surface area contributed by atoms with E-state index in [1.54, 1.807) is 13.3 Å². The van der Waals surface area contributed by atoms with Crippen LogP contribution in [0.4, 0.5) is 0 Å². The summed E-state index contributed by atoms with van der Waals surface area (Å²) in [5, 5.41) is 6.35. The van der Waals surface area contributed by atoms with Crippen LogP contribution in [0, 0.1) is 12.3 Å². The van der Waals surface area contributed by atoms with Crippen molar-refractivity contribution >= 4 is 18.3 Å². The first kappa shape index (κ1) is 17.8. The minimum Gasteiger partial charge on any atom is -0.384 e. The van der Waals surface area contributed by atoms with E-state index in [0.717, 1.165) is 25.9 Å². The molecular formula is C14H23ClN4O2. The van der Waals surface area contributed by atoms with Gasteiger partial charge in [-0.15, -0.1) is 12.4 Å². The lowest BCUT2D eigenvalue weighted by Gasteiger charge is -2.37. The molecule has 0 aliphatic carbocycles. The number of nitrogens with zero attached hydrogens (tertiary/aromatic N) is 2. The average Bonchev–Trinajstić information content (AvgIpc) is 2.47. The Labute approximate surface area is 131 Å². The lowest BCUT2D eigenvalue weighted by molar-refractivity contribution is 0.0511. The third-order valence-corrected chi connectivity index (χ3v) is 3.89. The molecule has 1 aliphatic rings. The highest BCUT2D eigenvalue weighted by molar-refractivity contribution is 5.94. The van der Waals surface area contributed by atoms with Crippen molar-refractivity contribution in [3.05, 3.63) is 23.8 Å². The average molecular weight is 315 g/mol. The normalized spacial score (nSPS) is 16.9. The van der Waals surface area contributed by atoms with Crippen LogP contribution >= 0.6 is 12.4 Å². The number of nitrogens with one attached hydrogen (secondary N) is 2. The zero-order chi connectivity index (χ0) is 14.4. The minimum atomic E-state index is -0.114. The fourth-order valence-corrected chi connectivity index (χ4v) is 2.61. The maximum atomic E-state index is 12.2. The largest absolute Gasteiger partial charge is 0.384 e. The predicted molar refractivity (Wildman–Crippen MR) is 82.8 cm³/mol. The summed E-state index contributed by atoms with van der Waals surface area (Å²) in [4.78, 5) is 20.2. The van der Waals surface area contributed by atoms with Gasteiger partial charge >= 0.3 is 0 Å². The van der Waals surface area contributed by atoms with E-state index in [1.807, 2.05) is 6.92 Å². The van der Waals surface area contributed by atoms with E-state index in [-0.39, 0.29) is 23.7 Å². The zero-order valence-corrected chi connectivity index (χ0v) is 13.3. The molecule has 118 valence electrons. The van der Waals surface area contributed by atoms with Gasteiger partial charge in [-0.25, -0.2) is 9.97 Å². The van der Waals surface area contributed by atoms with Crippen LogP contribution in [0.2, 0.25) is 0 Å². The Balaban J connectivity index is 0.00000220. The van der Waals surface area contributed by atoms with Crippen LogP contribution in [0.25, 0.3) is 0 Å². The third kappa shape index (κ3) is 4.62. The molecule has 7 heteroatoms. The Morgan fingerprint density at radius 2 is 2.19 bits per heavy atom. The lowest BCUT2D eigenvalue weighted by Crippen LogP contribution is -2.47. The molecule has 1 aromatic rings. The number of methoxy groups -OCH3 is 1. The second kappa shape index (κ2) is 8.26. The van der Waals surface area contributed by atoms with E-state index in [2.05, 4.69) is 20.6 Å². The Morgan fingerprint density at radius 1 is 1.48 bits per heavy atom. The molecule has 0 bridgehead atoms. The van der Waals surface area contributed by atoms with Gasteiger partial charge in [-0.3, -0.25) is 4.79 Å². The topological polar surface area (TPSA) is 76.1 Å². The molecule has 6 nitrogen and oxygen atoms in total. The number of halogens is 1. The quantitative estimate of drug-likeness (QED) is 0.846. The monoisotopic (exact) mass is 314 g/mol. The van der Waals surface area contributed by atoms with Crippen molar-refractivity contribution in [3.8, 4) is 0 Å². The smallest absolute Gasteiger partial charge is 0.254 e. The van der Waals surface area contributed by atoms with E-state index in [0.29, 0.717) is 24.4 Å². The molecule has 2 heterocycles. The molecule has 21 heavy (non-hydrogen) atoms. The fourth-order valence-electron chi connectivity index (χ4n) is 2.61. The van der Waals surface area contributed by atoms with Gasteiger partial charge in [0.15, 0.2) is 0 Å². The highest BCUT2D eigenvalue weighted by Crippen LogP contribution is 2.28. The lowest BCUT2D eigenvalue weighted by atomic mass is 9.79. The standard InChI is InChI=1S/C14H22N4O2.ClH/c1-11-12(7-16-10-18-11)13(19)17-8-14(9-20-2)3-5-15-6-4-14;/h7,10,15H,3-6,8-9H2,1-2H3,(H,17,19);1H. The maximum absolute atomic E-state index is 12.2. The third-order valence-electron chi connectivity index (χ3n) is 3.89. The molecule has 1 fully saturated rings. The summed E-state index contributed by atoms with van der Waals surface area (Å²) in [6.45, 7) is 5.03. The molecule has 0 unspecified atom stereocenters. The molecule has 0 aromatic carbocycles. The predicted octanol–water partition coefficient (Wildman–Crippen LogP) is 0.953. The van der Waals surface area contributed by atoms with Gasteiger partial charge in [0, 0.05) is 25.3 Å². The van der Waals surface area contributed by atoms with E-state index in [4.69, 9.17) is 4.74 Å².